The average Bonchev–Trinajstić information content (AvgIpc) is 2.55. The van der Waals surface area contributed by atoms with Gasteiger partial charge in [-0.2, -0.15) is 0 Å². The predicted octanol–water partition coefficient (Wildman–Crippen LogP) is 1.82. The van der Waals surface area contributed by atoms with Crippen molar-refractivity contribution >= 4 is 33.6 Å². The maximum absolute atomic E-state index is 10.6. The number of pyridine rings is 1. The van der Waals surface area contributed by atoms with Crippen LogP contribution in [-0.2, 0) is 0 Å². The third kappa shape index (κ3) is 1.50. The summed E-state index contributed by atoms with van der Waals surface area (Å²) in [4.78, 5) is 24.3. The highest BCUT2D eigenvalue weighted by Gasteiger charge is 2.21. The van der Waals surface area contributed by atoms with E-state index in [1.54, 1.807) is 12.3 Å². The number of carbonyl (C=O) groups excluding carboxylic acids is 1. The van der Waals surface area contributed by atoms with Gasteiger partial charge in [-0.25, -0.2) is 0 Å². The van der Waals surface area contributed by atoms with Gasteiger partial charge in [0.05, 0.1) is 0 Å². The number of hydrogen-bond donors (Lipinski definition) is 0. The van der Waals surface area contributed by atoms with Gasteiger partial charge in [0.2, 0.25) is 6.29 Å². The summed E-state index contributed by atoms with van der Waals surface area (Å²) in [6.45, 7) is 0. The van der Waals surface area contributed by atoms with E-state index in [1.807, 2.05) is 0 Å². The largest absolute Gasteiger partial charge is 0.390 e. The van der Waals surface area contributed by atoms with E-state index in [1.165, 1.54) is 10.5 Å². The molecule has 0 aliphatic rings. The fourth-order valence-electron chi connectivity index (χ4n) is 1.28. The number of carbonyl (C=O) groups is 1. The van der Waals surface area contributed by atoms with E-state index in [9.17, 15) is 14.9 Å². The van der Waals surface area contributed by atoms with Crippen LogP contribution in [0.2, 0.25) is 0 Å². The molecule has 0 spiro atoms. The molecule has 0 aromatic carbocycles. The average molecular weight is 270 g/mol. The third-order valence-electron chi connectivity index (χ3n) is 1.89. The molecule has 2 heterocycles. The minimum atomic E-state index is -0.615. The molecule has 0 saturated carbocycles. The minimum Gasteiger partial charge on any atom is -0.358 e. The van der Waals surface area contributed by atoms with Crippen molar-refractivity contribution in [3.05, 3.63) is 38.7 Å². The second kappa shape index (κ2) is 3.43. The van der Waals surface area contributed by atoms with Crippen molar-refractivity contribution in [1.29, 1.82) is 0 Å². The fourth-order valence-corrected chi connectivity index (χ4v) is 1.62. The fraction of sp³-hybridized carbons (Fsp3) is 0. The Morgan fingerprint density at radius 2 is 2.27 bits per heavy atom. The number of halogens is 1. The monoisotopic (exact) mass is 269 g/mol. The number of hydrogen-bond acceptors (Lipinski definition) is 4. The van der Waals surface area contributed by atoms with Crippen LogP contribution in [0.15, 0.2) is 22.8 Å². The van der Waals surface area contributed by atoms with Crippen molar-refractivity contribution in [2.24, 2.45) is 0 Å². The highest BCUT2D eigenvalue weighted by molar-refractivity contribution is 9.10. The van der Waals surface area contributed by atoms with E-state index >= 15 is 0 Å². The van der Waals surface area contributed by atoms with Crippen molar-refractivity contribution in [2.45, 2.75) is 0 Å². The van der Waals surface area contributed by atoms with Gasteiger partial charge in [-0.05, 0) is 38.0 Å². The number of nitrogens with zero attached hydrogens (tertiary/aromatic N) is 3. The van der Waals surface area contributed by atoms with Crippen molar-refractivity contribution in [3.63, 3.8) is 0 Å². The van der Waals surface area contributed by atoms with Crippen LogP contribution in [0.1, 0.15) is 10.6 Å². The van der Waals surface area contributed by atoms with Crippen molar-refractivity contribution in [2.75, 3.05) is 0 Å². The Bertz CT molecular complexity index is 564. The summed E-state index contributed by atoms with van der Waals surface area (Å²) >= 11 is 3.21. The van der Waals surface area contributed by atoms with Crippen LogP contribution in [0.4, 0.5) is 5.82 Å². The van der Waals surface area contributed by atoms with Crippen LogP contribution in [0, 0.1) is 10.1 Å². The number of nitro groups is 1. The van der Waals surface area contributed by atoms with Crippen LogP contribution in [-0.4, -0.2) is 20.6 Å². The molecule has 0 bridgehead atoms. The third-order valence-corrected chi connectivity index (χ3v) is 2.36. The van der Waals surface area contributed by atoms with Crippen LogP contribution in [0.25, 0.3) is 5.52 Å². The molecule has 2 rings (SSSR count). The van der Waals surface area contributed by atoms with Gasteiger partial charge in [0.1, 0.15) is 5.52 Å². The van der Waals surface area contributed by atoms with Gasteiger partial charge >= 0.3 is 5.82 Å². The minimum absolute atomic E-state index is 0.0120. The summed E-state index contributed by atoms with van der Waals surface area (Å²) < 4.78 is 2.08. The van der Waals surface area contributed by atoms with Gasteiger partial charge in [0, 0.05) is 10.7 Å². The number of imidazole rings is 1. The first-order valence-corrected chi connectivity index (χ1v) is 4.70. The molecule has 0 atom stereocenters. The van der Waals surface area contributed by atoms with Crippen molar-refractivity contribution in [1.82, 2.24) is 9.38 Å². The number of aromatic nitrogens is 2. The molecule has 0 N–H and O–H groups in total. The summed E-state index contributed by atoms with van der Waals surface area (Å²) in [7, 11) is 0. The van der Waals surface area contributed by atoms with Gasteiger partial charge in [0.15, 0.2) is 0 Å². The molecular formula is C8H4BrN3O3. The Hall–Kier alpha value is -1.76. The smallest absolute Gasteiger partial charge is 0.358 e. The Labute approximate surface area is 91.8 Å². The molecule has 15 heavy (non-hydrogen) atoms. The molecular weight excluding hydrogens is 266 g/mol. The van der Waals surface area contributed by atoms with E-state index in [0.29, 0.717) is 16.3 Å². The van der Waals surface area contributed by atoms with Gasteiger partial charge in [0.25, 0.3) is 5.82 Å². The van der Waals surface area contributed by atoms with E-state index in [2.05, 4.69) is 20.9 Å². The lowest BCUT2D eigenvalue weighted by molar-refractivity contribution is -0.387. The second-order valence-corrected chi connectivity index (χ2v) is 3.69. The van der Waals surface area contributed by atoms with Crippen molar-refractivity contribution in [3.8, 4) is 0 Å². The summed E-state index contributed by atoms with van der Waals surface area (Å²) in [5, 5.41) is 10.6. The molecule has 2 aromatic rings. The second-order valence-electron chi connectivity index (χ2n) is 2.77. The Kier molecular flexibility index (Phi) is 2.24. The van der Waals surface area contributed by atoms with Gasteiger partial charge in [-0.1, -0.05) is 0 Å². The predicted molar refractivity (Wildman–Crippen MR) is 54.9 cm³/mol. The maximum Gasteiger partial charge on any atom is 0.390 e. The molecule has 0 amide bonds. The lowest BCUT2D eigenvalue weighted by Crippen LogP contribution is -1.91. The maximum atomic E-state index is 10.6. The Morgan fingerprint density at radius 3 is 2.87 bits per heavy atom. The standard InChI is InChI=1S/C8H4BrN3O3/c9-5-1-2-6-8(12(14)15)10-7(4-13)11(6)3-5/h1-4H. The molecule has 76 valence electrons. The molecule has 6 nitrogen and oxygen atoms in total. The Balaban J connectivity index is 2.86. The van der Waals surface area contributed by atoms with Gasteiger partial charge in [-0.15, -0.1) is 0 Å². The van der Waals surface area contributed by atoms with Crippen molar-refractivity contribution < 1.29 is 9.72 Å². The number of rotatable bonds is 2. The van der Waals surface area contributed by atoms with E-state index < -0.39 is 4.92 Å². The molecule has 0 aliphatic carbocycles. The zero-order valence-electron chi connectivity index (χ0n) is 7.25. The SMILES string of the molecule is O=Cc1nc([N+](=O)[O-])c2ccc(Br)cn12. The summed E-state index contributed by atoms with van der Waals surface area (Å²) in [6.07, 6.45) is 2.03. The summed E-state index contributed by atoms with van der Waals surface area (Å²) in [5.41, 5.74) is 0.297. The highest BCUT2D eigenvalue weighted by Crippen LogP contribution is 2.22. The van der Waals surface area contributed by atoms with Gasteiger partial charge in [-0.3, -0.25) is 9.20 Å². The molecule has 0 unspecified atom stereocenters. The molecule has 0 saturated heterocycles. The first-order valence-electron chi connectivity index (χ1n) is 3.90. The lowest BCUT2D eigenvalue weighted by atomic mass is 10.4. The first kappa shape index (κ1) is 9.78. The van der Waals surface area contributed by atoms with E-state index in [0.717, 1.165) is 0 Å². The summed E-state index contributed by atoms with van der Waals surface area (Å²) in [6, 6.07) is 3.18. The summed E-state index contributed by atoms with van der Waals surface area (Å²) in [5.74, 6) is -0.303. The quantitative estimate of drug-likeness (QED) is 0.473. The Morgan fingerprint density at radius 1 is 1.53 bits per heavy atom. The van der Waals surface area contributed by atoms with Crippen LogP contribution < -0.4 is 0 Å². The number of aldehydes is 1. The molecule has 0 radical (unpaired) electrons. The lowest BCUT2D eigenvalue weighted by Gasteiger charge is -1.94. The zero-order valence-corrected chi connectivity index (χ0v) is 8.84. The molecule has 2 aromatic heterocycles. The molecule has 0 aliphatic heterocycles. The highest BCUT2D eigenvalue weighted by atomic mass is 79.9. The normalized spacial score (nSPS) is 10.5. The topological polar surface area (TPSA) is 77.5 Å². The molecule has 7 heteroatoms. The number of fused-ring (bicyclic) bond motifs is 1. The van der Waals surface area contributed by atoms with E-state index in [4.69, 9.17) is 0 Å². The van der Waals surface area contributed by atoms with Crippen LogP contribution >= 0.6 is 15.9 Å². The first-order chi connectivity index (χ1) is 7.13. The van der Waals surface area contributed by atoms with Gasteiger partial charge < -0.3 is 10.1 Å². The van der Waals surface area contributed by atoms with Crippen LogP contribution in [0.3, 0.4) is 0 Å². The molecule has 0 fully saturated rings. The zero-order chi connectivity index (χ0) is 11.0. The van der Waals surface area contributed by atoms with E-state index in [-0.39, 0.29) is 11.6 Å². The van der Waals surface area contributed by atoms with Crippen LogP contribution in [0.5, 0.6) is 0 Å².